The number of nitrogens with zero attached hydrogens (tertiary/aromatic N) is 3. The van der Waals surface area contributed by atoms with Crippen LogP contribution in [0.1, 0.15) is 35.1 Å². The van der Waals surface area contributed by atoms with Crippen molar-refractivity contribution in [3.8, 4) is 5.88 Å². The third-order valence-corrected chi connectivity index (χ3v) is 3.54. The van der Waals surface area contributed by atoms with E-state index in [1.807, 2.05) is 0 Å². The summed E-state index contributed by atoms with van der Waals surface area (Å²) in [6.07, 6.45) is 4.55. The highest BCUT2D eigenvalue weighted by atomic mass is 32.1. The van der Waals surface area contributed by atoms with Crippen LogP contribution in [0.4, 0.5) is 5.13 Å². The van der Waals surface area contributed by atoms with Crippen molar-refractivity contribution in [3.05, 3.63) is 28.9 Å². The van der Waals surface area contributed by atoms with Crippen molar-refractivity contribution in [2.45, 2.75) is 26.2 Å². The van der Waals surface area contributed by atoms with E-state index < -0.39 is 0 Å². The first-order valence-electron chi connectivity index (χ1n) is 6.36. The Morgan fingerprint density at radius 3 is 2.90 bits per heavy atom. The van der Waals surface area contributed by atoms with E-state index in [2.05, 4.69) is 27.4 Å². The Hall–Kier alpha value is -2.02. The Kier molecular flexibility index (Phi) is 5.00. The summed E-state index contributed by atoms with van der Waals surface area (Å²) in [6, 6.07) is 3.29. The number of methoxy groups -OCH3 is 1. The van der Waals surface area contributed by atoms with Gasteiger partial charge in [-0.15, -0.1) is 10.2 Å². The number of carbonyl (C=O) groups excluding carboxylic acids is 1. The summed E-state index contributed by atoms with van der Waals surface area (Å²) in [5.41, 5.74) is 0.455. The van der Waals surface area contributed by atoms with Gasteiger partial charge in [-0.2, -0.15) is 0 Å². The zero-order chi connectivity index (χ0) is 14.4. The summed E-state index contributed by atoms with van der Waals surface area (Å²) < 4.78 is 4.94. The fraction of sp³-hybridized carbons (Fsp3) is 0.385. The molecule has 0 aliphatic carbocycles. The molecule has 0 aliphatic heterocycles. The van der Waals surface area contributed by atoms with Gasteiger partial charge in [0.15, 0.2) is 0 Å². The minimum atomic E-state index is -0.252. The van der Waals surface area contributed by atoms with Gasteiger partial charge in [-0.3, -0.25) is 10.1 Å². The standard InChI is InChI=1S/C13H16N4O2S/c1-3-4-5-11-16-17-13(20-11)15-12(18)9-6-7-10(19-2)14-8-9/h6-8H,3-5H2,1-2H3,(H,15,17,18). The summed E-state index contributed by atoms with van der Waals surface area (Å²) in [7, 11) is 1.53. The Balaban J connectivity index is 1.97. The van der Waals surface area contributed by atoms with Crippen LogP contribution in [0.2, 0.25) is 0 Å². The smallest absolute Gasteiger partial charge is 0.259 e. The van der Waals surface area contributed by atoms with Crippen molar-refractivity contribution in [1.82, 2.24) is 15.2 Å². The molecule has 0 unspecified atom stereocenters. The van der Waals surface area contributed by atoms with E-state index in [4.69, 9.17) is 4.74 Å². The topological polar surface area (TPSA) is 77.0 Å². The molecule has 0 radical (unpaired) electrons. The van der Waals surface area contributed by atoms with Crippen LogP contribution in [0.25, 0.3) is 0 Å². The number of pyridine rings is 1. The van der Waals surface area contributed by atoms with Gasteiger partial charge in [-0.1, -0.05) is 24.7 Å². The van der Waals surface area contributed by atoms with E-state index >= 15 is 0 Å². The number of amides is 1. The van der Waals surface area contributed by atoms with E-state index in [1.54, 1.807) is 12.1 Å². The summed E-state index contributed by atoms with van der Waals surface area (Å²) >= 11 is 1.40. The van der Waals surface area contributed by atoms with Gasteiger partial charge in [0.05, 0.1) is 12.7 Å². The normalized spacial score (nSPS) is 10.3. The van der Waals surface area contributed by atoms with Gasteiger partial charge in [-0.25, -0.2) is 4.98 Å². The number of unbranched alkanes of at least 4 members (excludes halogenated alkanes) is 1. The number of hydrogen-bond acceptors (Lipinski definition) is 6. The predicted octanol–water partition coefficient (Wildman–Crippen LogP) is 2.54. The largest absolute Gasteiger partial charge is 0.481 e. The number of nitrogens with one attached hydrogen (secondary N) is 1. The zero-order valence-corrected chi connectivity index (χ0v) is 12.2. The molecule has 0 saturated heterocycles. The van der Waals surface area contributed by atoms with E-state index in [9.17, 15) is 4.79 Å². The van der Waals surface area contributed by atoms with Crippen LogP contribution in [0.15, 0.2) is 18.3 Å². The lowest BCUT2D eigenvalue weighted by atomic mass is 10.3. The molecule has 0 spiro atoms. The van der Waals surface area contributed by atoms with E-state index in [-0.39, 0.29) is 5.91 Å². The first-order chi connectivity index (χ1) is 9.72. The highest BCUT2D eigenvalue weighted by molar-refractivity contribution is 7.15. The molecule has 0 aliphatic rings. The first-order valence-corrected chi connectivity index (χ1v) is 7.18. The van der Waals surface area contributed by atoms with Crippen LogP contribution in [-0.2, 0) is 6.42 Å². The maximum Gasteiger partial charge on any atom is 0.259 e. The van der Waals surface area contributed by atoms with E-state index in [0.29, 0.717) is 16.6 Å². The Morgan fingerprint density at radius 1 is 1.40 bits per heavy atom. The molecule has 0 aromatic carbocycles. The quantitative estimate of drug-likeness (QED) is 0.885. The maximum atomic E-state index is 12.0. The van der Waals surface area contributed by atoms with E-state index in [0.717, 1.165) is 24.3 Å². The number of aromatic nitrogens is 3. The third kappa shape index (κ3) is 3.74. The summed E-state index contributed by atoms with van der Waals surface area (Å²) in [5, 5.41) is 12.2. The molecule has 2 heterocycles. The van der Waals surface area contributed by atoms with Crippen LogP contribution in [0.5, 0.6) is 5.88 Å². The van der Waals surface area contributed by atoms with E-state index in [1.165, 1.54) is 24.6 Å². The maximum absolute atomic E-state index is 12.0. The van der Waals surface area contributed by atoms with Gasteiger partial charge in [0.1, 0.15) is 5.01 Å². The Morgan fingerprint density at radius 2 is 2.25 bits per heavy atom. The van der Waals surface area contributed by atoms with Crippen molar-refractivity contribution in [2.24, 2.45) is 0 Å². The van der Waals surface area contributed by atoms with Gasteiger partial charge in [0, 0.05) is 18.7 Å². The molecule has 106 valence electrons. The highest BCUT2D eigenvalue weighted by Gasteiger charge is 2.10. The molecule has 1 N–H and O–H groups in total. The number of carbonyl (C=O) groups is 1. The molecule has 7 heteroatoms. The SMILES string of the molecule is CCCCc1nnc(NC(=O)c2ccc(OC)nc2)s1. The summed E-state index contributed by atoms with van der Waals surface area (Å²) in [4.78, 5) is 16.0. The molecule has 1 amide bonds. The van der Waals surface area contributed by atoms with Gasteiger partial charge < -0.3 is 4.74 Å². The second-order valence-corrected chi connectivity index (χ2v) is 5.21. The first kappa shape index (κ1) is 14.4. The number of anilines is 1. The van der Waals surface area contributed by atoms with Crippen LogP contribution < -0.4 is 10.1 Å². The minimum absolute atomic E-state index is 0.252. The molecule has 0 saturated carbocycles. The van der Waals surface area contributed by atoms with Crippen LogP contribution in [-0.4, -0.2) is 28.2 Å². The fourth-order valence-electron chi connectivity index (χ4n) is 1.54. The van der Waals surface area contributed by atoms with Crippen molar-refractivity contribution in [2.75, 3.05) is 12.4 Å². The van der Waals surface area contributed by atoms with Gasteiger partial charge in [0.25, 0.3) is 5.91 Å². The molecule has 0 bridgehead atoms. The third-order valence-electron chi connectivity index (χ3n) is 2.64. The average molecular weight is 292 g/mol. The minimum Gasteiger partial charge on any atom is -0.481 e. The van der Waals surface area contributed by atoms with Crippen molar-refractivity contribution in [3.63, 3.8) is 0 Å². The lowest BCUT2D eigenvalue weighted by molar-refractivity contribution is 0.102. The molecule has 2 aromatic rings. The van der Waals surface area contributed by atoms with Crippen LogP contribution in [0.3, 0.4) is 0 Å². The number of hydrogen-bond donors (Lipinski definition) is 1. The highest BCUT2D eigenvalue weighted by Crippen LogP contribution is 2.18. The zero-order valence-electron chi connectivity index (χ0n) is 11.4. The second kappa shape index (κ2) is 6.95. The summed E-state index contributed by atoms with van der Waals surface area (Å²) in [6.45, 7) is 2.13. The van der Waals surface area contributed by atoms with Gasteiger partial charge >= 0.3 is 0 Å². The van der Waals surface area contributed by atoms with Crippen molar-refractivity contribution < 1.29 is 9.53 Å². The molecule has 0 fully saturated rings. The van der Waals surface area contributed by atoms with Gasteiger partial charge in [0.2, 0.25) is 11.0 Å². The number of aryl methyl sites for hydroxylation is 1. The predicted molar refractivity (Wildman–Crippen MR) is 77.3 cm³/mol. The fourth-order valence-corrected chi connectivity index (χ4v) is 2.31. The summed E-state index contributed by atoms with van der Waals surface area (Å²) in [5.74, 6) is 0.220. The second-order valence-electron chi connectivity index (χ2n) is 4.15. The molecule has 2 aromatic heterocycles. The van der Waals surface area contributed by atoms with Crippen LogP contribution >= 0.6 is 11.3 Å². The molecule has 6 nitrogen and oxygen atoms in total. The molecule has 0 atom stereocenters. The van der Waals surface area contributed by atoms with Gasteiger partial charge in [-0.05, 0) is 12.5 Å². The molecule has 20 heavy (non-hydrogen) atoms. The Bertz CT molecular complexity index is 568. The van der Waals surface area contributed by atoms with Crippen molar-refractivity contribution >= 4 is 22.4 Å². The lowest BCUT2D eigenvalue weighted by Gasteiger charge is -2.02. The molecule has 2 rings (SSSR count). The number of ether oxygens (including phenoxy) is 1. The lowest BCUT2D eigenvalue weighted by Crippen LogP contribution is -2.12. The molecular weight excluding hydrogens is 276 g/mol. The van der Waals surface area contributed by atoms with Crippen LogP contribution in [0, 0.1) is 0 Å². The average Bonchev–Trinajstić information content (AvgIpc) is 2.92. The number of rotatable bonds is 6. The molecular formula is C13H16N4O2S. The Labute approximate surface area is 121 Å². The van der Waals surface area contributed by atoms with Crippen molar-refractivity contribution in [1.29, 1.82) is 0 Å². The monoisotopic (exact) mass is 292 g/mol.